The first kappa shape index (κ1) is 19.1. The summed E-state index contributed by atoms with van der Waals surface area (Å²) in [6.45, 7) is 0.521. The van der Waals surface area contributed by atoms with Crippen LogP contribution in [-0.4, -0.2) is 32.0 Å². The summed E-state index contributed by atoms with van der Waals surface area (Å²) >= 11 is 5.63. The van der Waals surface area contributed by atoms with Gasteiger partial charge in [0.05, 0.1) is 17.8 Å². The molecule has 148 valence electrons. The normalized spacial score (nSPS) is 18.5. The molecule has 1 amide bonds. The van der Waals surface area contributed by atoms with Gasteiger partial charge in [-0.05, 0) is 48.1 Å². The van der Waals surface area contributed by atoms with Crippen LogP contribution < -0.4 is 10.6 Å². The molecule has 1 fully saturated rings. The Morgan fingerprint density at radius 2 is 1.97 bits per heavy atom. The van der Waals surface area contributed by atoms with Crippen LogP contribution in [0.3, 0.4) is 0 Å². The molecular formula is C22H23N5OS. The summed E-state index contributed by atoms with van der Waals surface area (Å²) < 4.78 is 2.02. The summed E-state index contributed by atoms with van der Waals surface area (Å²) in [4.78, 5) is 19.1. The van der Waals surface area contributed by atoms with Gasteiger partial charge < -0.3 is 20.1 Å². The van der Waals surface area contributed by atoms with Crippen molar-refractivity contribution in [2.45, 2.75) is 18.5 Å². The number of aryl methyl sites for hydroxylation is 1. The van der Waals surface area contributed by atoms with Gasteiger partial charge in [-0.1, -0.05) is 24.3 Å². The van der Waals surface area contributed by atoms with Gasteiger partial charge in [0.15, 0.2) is 5.11 Å². The molecule has 3 aromatic rings. The summed E-state index contributed by atoms with van der Waals surface area (Å²) in [5, 5.41) is 6.98. The standard InChI is InChI=1S/C22H23N5OS/c1-26-13-10-16(15-26)21-20(18-9-5-6-12-23-18)25-22(29)27(21)14-11-19(28)24-17-7-3-2-4-8-17/h2-10,12-13,15,20-21H,11,14H2,1H3,(H,24,28)(H,25,29)/t20-,21-/m1/s1. The van der Waals surface area contributed by atoms with Gasteiger partial charge >= 0.3 is 0 Å². The number of benzene rings is 1. The number of anilines is 1. The molecule has 6 nitrogen and oxygen atoms in total. The minimum Gasteiger partial charge on any atom is -0.357 e. The van der Waals surface area contributed by atoms with Gasteiger partial charge in [-0.3, -0.25) is 9.78 Å². The van der Waals surface area contributed by atoms with Gasteiger partial charge in [0.1, 0.15) is 0 Å². The van der Waals surface area contributed by atoms with E-state index in [2.05, 4.69) is 32.8 Å². The summed E-state index contributed by atoms with van der Waals surface area (Å²) in [5.74, 6) is -0.0351. The van der Waals surface area contributed by atoms with Crippen molar-refractivity contribution in [3.63, 3.8) is 0 Å². The first-order valence-corrected chi connectivity index (χ1v) is 9.97. The van der Waals surface area contributed by atoms with E-state index in [1.165, 1.54) is 0 Å². The second kappa shape index (κ2) is 8.45. The maximum absolute atomic E-state index is 12.5. The lowest BCUT2D eigenvalue weighted by Gasteiger charge is -2.27. The first-order valence-electron chi connectivity index (χ1n) is 9.56. The van der Waals surface area contributed by atoms with Crippen molar-refractivity contribution in [3.05, 3.63) is 84.4 Å². The highest BCUT2D eigenvalue weighted by Crippen LogP contribution is 2.38. The van der Waals surface area contributed by atoms with Crippen LogP contribution in [0.5, 0.6) is 0 Å². The van der Waals surface area contributed by atoms with E-state index in [1.807, 2.05) is 66.3 Å². The molecule has 0 bridgehead atoms. The van der Waals surface area contributed by atoms with Gasteiger partial charge in [0, 0.05) is 44.3 Å². The molecule has 0 aliphatic carbocycles. The zero-order valence-corrected chi connectivity index (χ0v) is 17.0. The van der Waals surface area contributed by atoms with Gasteiger partial charge in [0.25, 0.3) is 0 Å². The first-order chi connectivity index (χ1) is 14.1. The SMILES string of the molecule is Cn1ccc([C@@H]2[C@@H](c3ccccn3)NC(=S)N2CCC(=O)Nc2ccccc2)c1. The van der Waals surface area contributed by atoms with Gasteiger partial charge in [-0.2, -0.15) is 0 Å². The lowest BCUT2D eigenvalue weighted by molar-refractivity contribution is -0.116. The Balaban J connectivity index is 1.52. The highest BCUT2D eigenvalue weighted by Gasteiger charge is 2.39. The van der Waals surface area contributed by atoms with Crippen LogP contribution in [-0.2, 0) is 11.8 Å². The Morgan fingerprint density at radius 1 is 1.17 bits per heavy atom. The molecule has 1 aromatic carbocycles. The fourth-order valence-corrected chi connectivity index (χ4v) is 4.01. The number of nitrogens with one attached hydrogen (secondary N) is 2. The van der Waals surface area contributed by atoms with Crippen molar-refractivity contribution in [2.75, 3.05) is 11.9 Å². The van der Waals surface area contributed by atoms with E-state index >= 15 is 0 Å². The highest BCUT2D eigenvalue weighted by molar-refractivity contribution is 7.80. The Bertz CT molecular complexity index is 989. The third-order valence-electron chi connectivity index (χ3n) is 5.03. The largest absolute Gasteiger partial charge is 0.357 e. The van der Waals surface area contributed by atoms with Crippen LogP contribution in [0.25, 0.3) is 0 Å². The second-order valence-corrected chi connectivity index (χ2v) is 7.48. The van der Waals surface area contributed by atoms with Crippen LogP contribution in [0.2, 0.25) is 0 Å². The van der Waals surface area contributed by atoms with Crippen LogP contribution in [0.1, 0.15) is 29.8 Å². The van der Waals surface area contributed by atoms with Crippen molar-refractivity contribution in [1.29, 1.82) is 0 Å². The van der Waals surface area contributed by atoms with Crippen molar-refractivity contribution in [2.24, 2.45) is 7.05 Å². The van der Waals surface area contributed by atoms with Crippen LogP contribution >= 0.6 is 12.2 Å². The predicted molar refractivity (Wildman–Crippen MR) is 117 cm³/mol. The lowest BCUT2D eigenvalue weighted by Crippen LogP contribution is -2.32. The second-order valence-electron chi connectivity index (χ2n) is 7.09. The number of carbonyl (C=O) groups excluding carboxylic acids is 1. The van der Waals surface area contributed by atoms with Gasteiger partial charge in [-0.15, -0.1) is 0 Å². The summed E-state index contributed by atoms with van der Waals surface area (Å²) in [5.41, 5.74) is 2.87. The molecule has 0 unspecified atom stereocenters. The average molecular weight is 406 g/mol. The molecule has 0 spiro atoms. The fraction of sp³-hybridized carbons (Fsp3) is 0.227. The Hall–Kier alpha value is -3.19. The number of aromatic nitrogens is 2. The maximum Gasteiger partial charge on any atom is 0.226 e. The number of para-hydroxylation sites is 1. The Kier molecular flexibility index (Phi) is 5.57. The molecule has 4 rings (SSSR count). The topological polar surface area (TPSA) is 62.2 Å². The number of thiocarbonyl (C=S) groups is 1. The number of hydrogen-bond donors (Lipinski definition) is 2. The Morgan fingerprint density at radius 3 is 2.66 bits per heavy atom. The van der Waals surface area contributed by atoms with E-state index in [0.717, 1.165) is 16.9 Å². The monoisotopic (exact) mass is 405 g/mol. The van der Waals surface area contributed by atoms with E-state index in [0.29, 0.717) is 18.1 Å². The number of rotatable bonds is 6. The zero-order valence-electron chi connectivity index (χ0n) is 16.2. The Labute approximate surface area is 175 Å². The quantitative estimate of drug-likeness (QED) is 0.616. The zero-order chi connectivity index (χ0) is 20.2. The van der Waals surface area contributed by atoms with Gasteiger partial charge in [-0.25, -0.2) is 0 Å². The van der Waals surface area contributed by atoms with Crippen LogP contribution in [0.4, 0.5) is 5.69 Å². The van der Waals surface area contributed by atoms with E-state index in [4.69, 9.17) is 12.2 Å². The van der Waals surface area contributed by atoms with Crippen molar-refractivity contribution < 1.29 is 4.79 Å². The van der Waals surface area contributed by atoms with Crippen LogP contribution in [0, 0.1) is 0 Å². The average Bonchev–Trinajstić information content (AvgIpc) is 3.30. The summed E-state index contributed by atoms with van der Waals surface area (Å²) in [7, 11) is 2.00. The van der Waals surface area contributed by atoms with E-state index in [9.17, 15) is 4.79 Å². The molecule has 1 aliphatic rings. The molecule has 2 aromatic heterocycles. The van der Waals surface area contributed by atoms with Gasteiger partial charge in [0.2, 0.25) is 5.91 Å². The minimum atomic E-state index is -0.0664. The highest BCUT2D eigenvalue weighted by atomic mass is 32.1. The van der Waals surface area contributed by atoms with Crippen molar-refractivity contribution in [1.82, 2.24) is 19.8 Å². The van der Waals surface area contributed by atoms with E-state index < -0.39 is 0 Å². The molecular weight excluding hydrogens is 382 g/mol. The molecule has 3 heterocycles. The predicted octanol–water partition coefficient (Wildman–Crippen LogP) is 3.42. The van der Waals surface area contributed by atoms with E-state index in [-0.39, 0.29) is 18.0 Å². The number of pyridine rings is 1. The minimum absolute atomic E-state index is 0.0249. The molecule has 29 heavy (non-hydrogen) atoms. The number of amides is 1. The third-order valence-corrected chi connectivity index (χ3v) is 5.38. The molecule has 0 radical (unpaired) electrons. The van der Waals surface area contributed by atoms with E-state index in [1.54, 1.807) is 6.20 Å². The van der Waals surface area contributed by atoms with Crippen molar-refractivity contribution >= 4 is 28.9 Å². The lowest BCUT2D eigenvalue weighted by atomic mass is 9.99. The number of nitrogens with zero attached hydrogens (tertiary/aromatic N) is 3. The summed E-state index contributed by atoms with van der Waals surface area (Å²) in [6.07, 6.45) is 6.24. The molecule has 1 aliphatic heterocycles. The number of hydrogen-bond acceptors (Lipinski definition) is 3. The maximum atomic E-state index is 12.5. The molecule has 1 saturated heterocycles. The molecule has 2 N–H and O–H groups in total. The number of carbonyl (C=O) groups is 1. The summed E-state index contributed by atoms with van der Waals surface area (Å²) in [6, 6.07) is 17.4. The molecule has 2 atom stereocenters. The fourth-order valence-electron chi connectivity index (χ4n) is 3.68. The molecule has 7 heteroatoms. The molecule has 0 saturated carbocycles. The third kappa shape index (κ3) is 4.30. The van der Waals surface area contributed by atoms with Crippen molar-refractivity contribution in [3.8, 4) is 0 Å². The smallest absolute Gasteiger partial charge is 0.226 e. The van der Waals surface area contributed by atoms with Crippen LogP contribution in [0.15, 0.2) is 73.2 Å².